The van der Waals surface area contributed by atoms with Gasteiger partial charge in [0.15, 0.2) is 0 Å². The Bertz CT molecular complexity index is 799. The number of benzene rings is 1. The summed E-state index contributed by atoms with van der Waals surface area (Å²) in [5.74, 6) is -0.858. The quantitative estimate of drug-likeness (QED) is 0.426. The molecule has 0 aliphatic heterocycles. The maximum absolute atomic E-state index is 12.7. The molecule has 2 N–H and O–H groups in total. The van der Waals surface area contributed by atoms with E-state index in [0.717, 1.165) is 6.07 Å². The Morgan fingerprint density at radius 3 is 1.87 bits per heavy atom. The summed E-state index contributed by atoms with van der Waals surface area (Å²) >= 11 is 3.07. The van der Waals surface area contributed by atoms with Gasteiger partial charge in [-0.15, -0.1) is 13.2 Å². The van der Waals surface area contributed by atoms with E-state index in [1.54, 1.807) is 41.5 Å². The number of alkyl carbamates (subject to hydrolysis) is 2. The van der Waals surface area contributed by atoms with Crippen LogP contribution < -0.4 is 15.4 Å². The number of carbonyl (C=O) groups excluding carboxylic acids is 2. The Labute approximate surface area is 186 Å². The summed E-state index contributed by atoms with van der Waals surface area (Å²) in [7, 11) is 0. The number of nitrogens with zero attached hydrogens (tertiary/aromatic N) is 1. The lowest BCUT2D eigenvalue weighted by atomic mass is 10.2. The molecular weight excluding hydrogens is 487 g/mol. The summed E-state index contributed by atoms with van der Waals surface area (Å²) < 4.78 is 52.7. The summed E-state index contributed by atoms with van der Waals surface area (Å²) in [6.45, 7) is 9.43. The van der Waals surface area contributed by atoms with Crippen molar-refractivity contribution in [2.75, 3.05) is 0 Å². The van der Waals surface area contributed by atoms with Gasteiger partial charge in [0.2, 0.25) is 5.96 Å². The van der Waals surface area contributed by atoms with Crippen molar-refractivity contribution in [3.05, 3.63) is 28.2 Å². The molecule has 8 nitrogen and oxygen atoms in total. The van der Waals surface area contributed by atoms with E-state index in [-0.39, 0.29) is 18.1 Å². The third kappa shape index (κ3) is 12.1. The average Bonchev–Trinajstić information content (AvgIpc) is 2.48. The Kier molecular flexibility index (Phi) is 8.74. The van der Waals surface area contributed by atoms with Crippen molar-refractivity contribution in [3.63, 3.8) is 0 Å². The van der Waals surface area contributed by atoms with Crippen LogP contribution in [0.25, 0.3) is 0 Å². The van der Waals surface area contributed by atoms with Crippen LogP contribution in [-0.2, 0) is 16.0 Å². The fraction of sp³-hybridized carbons (Fsp3) is 0.526. The van der Waals surface area contributed by atoms with E-state index in [9.17, 15) is 22.8 Å². The molecule has 2 amide bonds. The van der Waals surface area contributed by atoms with Gasteiger partial charge in [-0.05, 0) is 53.7 Å². The average molecular weight is 512 g/mol. The molecule has 0 aliphatic rings. The van der Waals surface area contributed by atoms with Crippen molar-refractivity contribution in [1.82, 2.24) is 10.6 Å². The van der Waals surface area contributed by atoms with Crippen molar-refractivity contribution in [2.24, 2.45) is 4.99 Å². The summed E-state index contributed by atoms with van der Waals surface area (Å²) in [5, 5.41) is 4.49. The molecule has 0 aromatic heterocycles. The lowest BCUT2D eigenvalue weighted by Crippen LogP contribution is -2.47. The molecule has 0 unspecified atom stereocenters. The van der Waals surface area contributed by atoms with Crippen LogP contribution >= 0.6 is 15.9 Å². The Balaban J connectivity index is 3.12. The largest absolute Gasteiger partial charge is 0.573 e. The summed E-state index contributed by atoms with van der Waals surface area (Å²) in [4.78, 5) is 28.1. The minimum absolute atomic E-state index is 0.0509. The van der Waals surface area contributed by atoms with Gasteiger partial charge >= 0.3 is 18.5 Å². The first-order valence-electron chi connectivity index (χ1n) is 9.02. The van der Waals surface area contributed by atoms with Crippen LogP contribution in [0, 0.1) is 0 Å². The highest BCUT2D eigenvalue weighted by molar-refractivity contribution is 9.10. The first kappa shape index (κ1) is 26.5. The van der Waals surface area contributed by atoms with Crippen LogP contribution in [0.2, 0.25) is 0 Å². The number of carbonyl (C=O) groups is 2. The summed E-state index contributed by atoms with van der Waals surface area (Å²) in [5.41, 5.74) is -1.61. The van der Waals surface area contributed by atoms with E-state index in [2.05, 4.69) is 36.3 Å². The monoisotopic (exact) mass is 511 g/mol. The maximum atomic E-state index is 12.7. The third-order valence-electron chi connectivity index (χ3n) is 2.90. The van der Waals surface area contributed by atoms with Gasteiger partial charge in [-0.1, -0.05) is 22.0 Å². The second kappa shape index (κ2) is 10.2. The smallest absolute Gasteiger partial charge is 0.444 e. The van der Waals surface area contributed by atoms with E-state index in [0.29, 0.717) is 4.47 Å². The second-order valence-corrected chi connectivity index (χ2v) is 9.13. The zero-order chi connectivity index (χ0) is 24.0. The van der Waals surface area contributed by atoms with Crippen LogP contribution in [0.1, 0.15) is 47.1 Å². The summed E-state index contributed by atoms with van der Waals surface area (Å²) in [6.07, 6.45) is -6.76. The van der Waals surface area contributed by atoms with Gasteiger partial charge in [-0.25, -0.2) is 14.6 Å². The normalized spacial score (nSPS) is 11.9. The van der Waals surface area contributed by atoms with Gasteiger partial charge in [-0.2, -0.15) is 0 Å². The SMILES string of the molecule is CC(C)(C)OC(=O)NC(=NCc1ccc(Br)cc1OC(F)(F)F)NC(=O)OC(C)(C)C. The molecular formula is C19H25BrF3N3O5. The molecule has 0 radical (unpaired) electrons. The van der Waals surface area contributed by atoms with Gasteiger partial charge < -0.3 is 14.2 Å². The molecule has 174 valence electrons. The lowest BCUT2D eigenvalue weighted by Gasteiger charge is -2.22. The number of hydrogen-bond donors (Lipinski definition) is 2. The standard InChI is InChI=1S/C19H25BrF3N3O5/c1-17(2,3)30-15(27)25-14(26-16(28)31-18(4,5)6)24-10-11-7-8-12(20)9-13(11)29-19(21,22)23/h7-9H,10H2,1-6H3,(H2,24,25,26,27,28). The van der Waals surface area contributed by atoms with Crippen LogP contribution in [-0.4, -0.2) is 35.7 Å². The van der Waals surface area contributed by atoms with E-state index in [1.807, 2.05) is 0 Å². The molecule has 0 spiro atoms. The van der Waals surface area contributed by atoms with E-state index >= 15 is 0 Å². The number of ether oxygens (including phenoxy) is 3. The zero-order valence-corrected chi connectivity index (χ0v) is 19.5. The highest BCUT2D eigenvalue weighted by Gasteiger charge is 2.32. The number of alkyl halides is 3. The fourth-order valence-corrected chi connectivity index (χ4v) is 2.29. The molecule has 0 atom stereocenters. The molecule has 0 fully saturated rings. The molecule has 1 aromatic rings. The van der Waals surface area contributed by atoms with Crippen molar-refractivity contribution in [1.29, 1.82) is 0 Å². The number of nitrogens with one attached hydrogen (secondary N) is 2. The number of amides is 2. The molecule has 31 heavy (non-hydrogen) atoms. The maximum Gasteiger partial charge on any atom is 0.573 e. The molecule has 1 aromatic carbocycles. The van der Waals surface area contributed by atoms with Gasteiger partial charge in [0.25, 0.3) is 0 Å². The van der Waals surface area contributed by atoms with E-state index < -0.39 is 35.5 Å². The molecule has 0 saturated heterocycles. The van der Waals surface area contributed by atoms with Crippen molar-refractivity contribution in [3.8, 4) is 5.75 Å². The number of guanidine groups is 1. The zero-order valence-electron chi connectivity index (χ0n) is 17.9. The molecule has 12 heteroatoms. The predicted octanol–water partition coefficient (Wildman–Crippen LogP) is 5.25. The van der Waals surface area contributed by atoms with Crippen molar-refractivity contribution < 1.29 is 37.0 Å². The van der Waals surface area contributed by atoms with Crippen LogP contribution in [0.3, 0.4) is 0 Å². The number of aliphatic imine (C=N–C) groups is 1. The van der Waals surface area contributed by atoms with E-state index in [4.69, 9.17) is 9.47 Å². The van der Waals surface area contributed by atoms with Gasteiger partial charge in [0, 0.05) is 10.0 Å². The third-order valence-corrected chi connectivity index (χ3v) is 3.39. The second-order valence-electron chi connectivity index (χ2n) is 8.22. The summed E-state index contributed by atoms with van der Waals surface area (Å²) in [6, 6.07) is 3.98. The molecule has 1 rings (SSSR count). The minimum atomic E-state index is -4.91. The minimum Gasteiger partial charge on any atom is -0.444 e. The highest BCUT2D eigenvalue weighted by Crippen LogP contribution is 2.29. The molecule has 0 bridgehead atoms. The van der Waals surface area contributed by atoms with E-state index in [1.165, 1.54) is 12.1 Å². The van der Waals surface area contributed by atoms with Crippen LogP contribution in [0.5, 0.6) is 5.75 Å². The van der Waals surface area contributed by atoms with Crippen molar-refractivity contribution >= 4 is 34.1 Å². The van der Waals surface area contributed by atoms with Crippen molar-refractivity contribution in [2.45, 2.75) is 65.7 Å². The fourth-order valence-electron chi connectivity index (χ4n) is 1.95. The van der Waals surface area contributed by atoms with Crippen LogP contribution in [0.15, 0.2) is 27.7 Å². The first-order valence-corrected chi connectivity index (χ1v) is 9.81. The molecule has 0 heterocycles. The number of halogens is 4. The number of hydrogen-bond acceptors (Lipinski definition) is 6. The lowest BCUT2D eigenvalue weighted by molar-refractivity contribution is -0.274. The molecule has 0 aliphatic carbocycles. The van der Waals surface area contributed by atoms with Gasteiger partial charge in [0.1, 0.15) is 17.0 Å². The Hall–Kier alpha value is -2.50. The van der Waals surface area contributed by atoms with Gasteiger partial charge in [0.05, 0.1) is 6.54 Å². The van der Waals surface area contributed by atoms with Gasteiger partial charge in [-0.3, -0.25) is 10.6 Å². The number of rotatable bonds is 3. The molecule has 0 saturated carbocycles. The first-order chi connectivity index (χ1) is 13.9. The topological polar surface area (TPSA) is 98.3 Å². The Morgan fingerprint density at radius 1 is 0.968 bits per heavy atom. The predicted molar refractivity (Wildman–Crippen MR) is 111 cm³/mol. The Morgan fingerprint density at radius 2 is 1.45 bits per heavy atom. The highest BCUT2D eigenvalue weighted by atomic mass is 79.9. The van der Waals surface area contributed by atoms with Crippen LogP contribution in [0.4, 0.5) is 22.8 Å².